The third-order valence-corrected chi connectivity index (χ3v) is 2.81. The summed E-state index contributed by atoms with van der Waals surface area (Å²) in [6, 6.07) is 0. The third kappa shape index (κ3) is 1.35. The smallest absolute Gasteiger partial charge is 0.231 e. The molecule has 1 amide bonds. The molecule has 0 radical (unpaired) electrons. The van der Waals surface area contributed by atoms with Gasteiger partial charge in [0.15, 0.2) is 5.78 Å². The fraction of sp³-hybridized carbons (Fsp3) is 0.500. The van der Waals surface area contributed by atoms with Gasteiger partial charge in [0, 0.05) is 19.2 Å². The van der Waals surface area contributed by atoms with Crippen molar-refractivity contribution in [1.29, 1.82) is 0 Å². The number of aromatic nitrogens is 2. The zero-order valence-corrected chi connectivity index (χ0v) is 9.00. The van der Waals surface area contributed by atoms with Crippen LogP contribution in [-0.4, -0.2) is 21.5 Å². The molecule has 0 saturated heterocycles. The normalized spacial score (nSPS) is 20.9. The van der Waals surface area contributed by atoms with Gasteiger partial charge in [-0.3, -0.25) is 14.3 Å². The third-order valence-electron chi connectivity index (χ3n) is 2.81. The molecule has 1 aromatic rings. The Morgan fingerprint density at radius 3 is 2.80 bits per heavy atom. The molecule has 1 atom stereocenters. The quantitative estimate of drug-likeness (QED) is 0.617. The number of hydrogen-bond donors (Lipinski definition) is 1. The summed E-state index contributed by atoms with van der Waals surface area (Å²) in [5.41, 5.74) is 2.19. The van der Waals surface area contributed by atoms with E-state index < -0.39 is 5.92 Å². The van der Waals surface area contributed by atoms with Crippen LogP contribution in [0.4, 0.5) is 0 Å². The molecule has 5 nitrogen and oxygen atoms in total. The van der Waals surface area contributed by atoms with E-state index in [4.69, 9.17) is 0 Å². The molecule has 15 heavy (non-hydrogen) atoms. The topological polar surface area (TPSA) is 64.0 Å². The first-order valence-electron chi connectivity index (χ1n) is 4.86. The van der Waals surface area contributed by atoms with E-state index in [0.717, 1.165) is 11.3 Å². The van der Waals surface area contributed by atoms with Gasteiger partial charge in [0.1, 0.15) is 5.69 Å². The number of nitrogens with zero attached hydrogens (tertiary/aromatic N) is 2. The molecule has 5 heteroatoms. The highest BCUT2D eigenvalue weighted by atomic mass is 16.2. The summed E-state index contributed by atoms with van der Waals surface area (Å²) < 4.78 is 1.56. The molecule has 0 bridgehead atoms. The van der Waals surface area contributed by atoms with Crippen molar-refractivity contribution in [2.75, 3.05) is 0 Å². The molecule has 2 heterocycles. The minimum Gasteiger partial charge on any atom is -0.351 e. The number of carbonyl (C=O) groups excluding carboxylic acids is 2. The van der Waals surface area contributed by atoms with E-state index in [0.29, 0.717) is 12.2 Å². The van der Waals surface area contributed by atoms with Crippen LogP contribution in [0.15, 0.2) is 0 Å². The Morgan fingerprint density at radius 2 is 2.13 bits per heavy atom. The Labute approximate surface area is 87.5 Å². The van der Waals surface area contributed by atoms with Gasteiger partial charge in [-0.25, -0.2) is 0 Å². The number of rotatable bonds is 0. The summed E-state index contributed by atoms with van der Waals surface area (Å²) in [4.78, 5) is 23.4. The number of amides is 1. The van der Waals surface area contributed by atoms with Crippen molar-refractivity contribution in [3.05, 3.63) is 17.0 Å². The van der Waals surface area contributed by atoms with Crippen LogP contribution in [0.3, 0.4) is 0 Å². The fourth-order valence-corrected chi connectivity index (χ4v) is 1.87. The maximum absolute atomic E-state index is 12.0. The average molecular weight is 207 g/mol. The first-order chi connectivity index (χ1) is 7.02. The lowest BCUT2D eigenvalue weighted by Gasteiger charge is -2.05. The van der Waals surface area contributed by atoms with E-state index in [1.54, 1.807) is 18.7 Å². The van der Waals surface area contributed by atoms with Crippen molar-refractivity contribution < 1.29 is 9.59 Å². The highest BCUT2D eigenvalue weighted by Gasteiger charge is 2.31. The van der Waals surface area contributed by atoms with Crippen LogP contribution < -0.4 is 5.32 Å². The number of Topliss-reactive ketones (excluding diaryl/α,β-unsaturated/α-hetero) is 1. The second kappa shape index (κ2) is 3.18. The number of aryl methyl sites for hydroxylation is 2. The first-order valence-corrected chi connectivity index (χ1v) is 4.86. The number of nitrogens with one attached hydrogen (secondary N) is 1. The molecular weight excluding hydrogens is 194 g/mol. The first kappa shape index (κ1) is 9.89. The Bertz CT molecular complexity index is 448. The number of carbonyl (C=O) groups is 2. The maximum atomic E-state index is 12.0. The monoisotopic (exact) mass is 207 g/mol. The van der Waals surface area contributed by atoms with Crippen LogP contribution in [-0.2, 0) is 18.4 Å². The highest BCUT2D eigenvalue weighted by Crippen LogP contribution is 2.20. The van der Waals surface area contributed by atoms with Crippen LogP contribution in [0.5, 0.6) is 0 Å². The van der Waals surface area contributed by atoms with E-state index in [1.165, 1.54) is 0 Å². The van der Waals surface area contributed by atoms with Crippen molar-refractivity contribution in [3.8, 4) is 0 Å². The van der Waals surface area contributed by atoms with Gasteiger partial charge in [0.05, 0.1) is 11.6 Å². The van der Waals surface area contributed by atoms with Gasteiger partial charge in [0.2, 0.25) is 5.91 Å². The standard InChI is InChI=1S/C10H13N3O2/c1-5-9(14)8-7(4-11-10(5)15)6(2)12-13(8)3/h5H,4H2,1-3H3,(H,11,15). The molecule has 80 valence electrons. The molecule has 1 aliphatic rings. The molecule has 1 N–H and O–H groups in total. The molecule has 1 aliphatic heterocycles. The van der Waals surface area contributed by atoms with Gasteiger partial charge in [-0.15, -0.1) is 0 Å². The van der Waals surface area contributed by atoms with Crippen LogP contribution in [0.25, 0.3) is 0 Å². The summed E-state index contributed by atoms with van der Waals surface area (Å²) >= 11 is 0. The molecule has 0 spiro atoms. The summed E-state index contributed by atoms with van der Waals surface area (Å²) in [6.45, 7) is 3.85. The fourth-order valence-electron chi connectivity index (χ4n) is 1.87. The van der Waals surface area contributed by atoms with Gasteiger partial charge < -0.3 is 5.32 Å². The molecule has 1 unspecified atom stereocenters. The minimum absolute atomic E-state index is 0.150. The molecule has 1 aromatic heterocycles. The van der Waals surface area contributed by atoms with Gasteiger partial charge in [-0.2, -0.15) is 5.10 Å². The molecule has 2 rings (SSSR count). The van der Waals surface area contributed by atoms with E-state index in [1.807, 2.05) is 6.92 Å². The molecule has 0 aliphatic carbocycles. The van der Waals surface area contributed by atoms with Crippen molar-refractivity contribution in [2.24, 2.45) is 13.0 Å². The van der Waals surface area contributed by atoms with E-state index in [-0.39, 0.29) is 11.7 Å². The number of hydrogen-bond acceptors (Lipinski definition) is 3. The molecule has 0 saturated carbocycles. The summed E-state index contributed by atoms with van der Waals surface area (Å²) in [5.74, 6) is -0.986. The van der Waals surface area contributed by atoms with E-state index in [2.05, 4.69) is 10.4 Å². The van der Waals surface area contributed by atoms with E-state index >= 15 is 0 Å². The summed E-state index contributed by atoms with van der Waals surface area (Å²) in [5, 5.41) is 6.91. The Morgan fingerprint density at radius 1 is 1.47 bits per heavy atom. The largest absolute Gasteiger partial charge is 0.351 e. The van der Waals surface area contributed by atoms with Crippen molar-refractivity contribution in [1.82, 2.24) is 15.1 Å². The Balaban J connectivity index is 2.59. The van der Waals surface area contributed by atoms with Crippen LogP contribution in [0.1, 0.15) is 28.7 Å². The van der Waals surface area contributed by atoms with Crippen LogP contribution in [0, 0.1) is 12.8 Å². The second-order valence-electron chi connectivity index (χ2n) is 3.84. The predicted molar refractivity (Wildman–Crippen MR) is 53.3 cm³/mol. The lowest BCUT2D eigenvalue weighted by atomic mass is 10.0. The van der Waals surface area contributed by atoms with Crippen LogP contribution in [0.2, 0.25) is 0 Å². The average Bonchev–Trinajstić information content (AvgIpc) is 2.41. The maximum Gasteiger partial charge on any atom is 0.231 e. The van der Waals surface area contributed by atoms with Crippen molar-refractivity contribution in [2.45, 2.75) is 20.4 Å². The summed E-state index contributed by atoms with van der Waals surface area (Å²) in [7, 11) is 1.73. The SMILES string of the molecule is Cc1nn(C)c2c1CNC(=O)C(C)C2=O. The Hall–Kier alpha value is -1.65. The zero-order valence-electron chi connectivity index (χ0n) is 9.00. The minimum atomic E-state index is -0.624. The molecular formula is C10H13N3O2. The summed E-state index contributed by atoms with van der Waals surface area (Å²) in [6.07, 6.45) is 0. The van der Waals surface area contributed by atoms with Gasteiger partial charge >= 0.3 is 0 Å². The van der Waals surface area contributed by atoms with Crippen molar-refractivity contribution in [3.63, 3.8) is 0 Å². The van der Waals surface area contributed by atoms with Gasteiger partial charge in [-0.05, 0) is 13.8 Å². The van der Waals surface area contributed by atoms with Crippen LogP contribution >= 0.6 is 0 Å². The highest BCUT2D eigenvalue weighted by molar-refractivity contribution is 6.10. The Kier molecular flexibility index (Phi) is 2.10. The number of ketones is 1. The molecule has 0 aromatic carbocycles. The van der Waals surface area contributed by atoms with Gasteiger partial charge in [0.25, 0.3) is 0 Å². The van der Waals surface area contributed by atoms with Gasteiger partial charge in [-0.1, -0.05) is 0 Å². The van der Waals surface area contributed by atoms with E-state index in [9.17, 15) is 9.59 Å². The number of fused-ring (bicyclic) bond motifs is 1. The lowest BCUT2D eigenvalue weighted by Crippen LogP contribution is -2.30. The zero-order chi connectivity index (χ0) is 11.2. The van der Waals surface area contributed by atoms with Crippen molar-refractivity contribution >= 4 is 11.7 Å². The lowest BCUT2D eigenvalue weighted by molar-refractivity contribution is -0.123. The second-order valence-corrected chi connectivity index (χ2v) is 3.84. The predicted octanol–water partition coefficient (Wildman–Crippen LogP) is 0.177. The molecule has 0 fully saturated rings.